The highest BCUT2D eigenvalue weighted by molar-refractivity contribution is 7.47. The highest BCUT2D eigenvalue weighted by atomic mass is 31.2. The van der Waals surface area contributed by atoms with Gasteiger partial charge in [0.2, 0.25) is 0 Å². The molecule has 17 nitrogen and oxygen atoms in total. The monoisotopic (exact) mass is 1490 g/mol. The summed E-state index contributed by atoms with van der Waals surface area (Å²) in [4.78, 5) is 73.1. The third-order valence-corrected chi connectivity index (χ3v) is 21.2. The molecule has 0 fully saturated rings. The minimum atomic E-state index is -4.97. The van der Waals surface area contributed by atoms with E-state index in [4.69, 9.17) is 37.0 Å². The molecule has 3 unspecified atom stereocenters. The van der Waals surface area contributed by atoms with Crippen LogP contribution in [-0.2, 0) is 65.4 Å². The van der Waals surface area contributed by atoms with Crippen LogP contribution in [0.5, 0.6) is 0 Å². The molecule has 0 aliphatic carbocycles. The number of rotatable bonds is 81. The fourth-order valence-corrected chi connectivity index (χ4v) is 13.9. The summed E-state index contributed by atoms with van der Waals surface area (Å²) >= 11 is 0. The van der Waals surface area contributed by atoms with Crippen molar-refractivity contribution in [2.75, 3.05) is 39.6 Å². The summed E-state index contributed by atoms with van der Waals surface area (Å²) in [5.74, 6) is -1.29. The molecule has 0 bridgehead atoms. The Morgan fingerprint density at radius 3 is 0.833 bits per heavy atom. The number of aliphatic hydroxyl groups is 1. The van der Waals surface area contributed by atoms with Crippen LogP contribution in [0.1, 0.15) is 420 Å². The number of hydrogen-bond acceptors (Lipinski definition) is 15. The molecule has 0 aromatic carbocycles. The van der Waals surface area contributed by atoms with E-state index in [1.54, 1.807) is 0 Å². The summed E-state index contributed by atoms with van der Waals surface area (Å²) in [7, 11) is -9.93. The number of phosphoric acid groups is 2. The van der Waals surface area contributed by atoms with Crippen LogP contribution in [0.15, 0.2) is 24.3 Å². The molecular formula is C83H158O17P2. The van der Waals surface area contributed by atoms with Crippen LogP contribution in [0.4, 0.5) is 0 Å². The summed E-state index contributed by atoms with van der Waals surface area (Å²) in [5, 5.41) is 10.6. The van der Waals surface area contributed by atoms with Crippen LogP contribution < -0.4 is 0 Å². The Hall–Kier alpha value is -2.46. The van der Waals surface area contributed by atoms with E-state index in [1.165, 1.54) is 231 Å². The number of unbranched alkanes of at least 4 members (excludes halogenated alkanes) is 49. The zero-order chi connectivity index (χ0) is 74.8. The van der Waals surface area contributed by atoms with Gasteiger partial charge in [-0.1, -0.05) is 367 Å². The third-order valence-electron chi connectivity index (χ3n) is 19.3. The largest absolute Gasteiger partial charge is 0.472 e. The molecule has 0 radical (unpaired) electrons. The van der Waals surface area contributed by atoms with Crippen LogP contribution in [0, 0.1) is 5.92 Å². The maximum atomic E-state index is 13.1. The van der Waals surface area contributed by atoms with Crippen LogP contribution in [0.3, 0.4) is 0 Å². The van der Waals surface area contributed by atoms with E-state index in [-0.39, 0.29) is 25.7 Å². The van der Waals surface area contributed by atoms with Crippen LogP contribution in [0.2, 0.25) is 0 Å². The number of hydrogen-bond donors (Lipinski definition) is 3. The predicted molar refractivity (Wildman–Crippen MR) is 418 cm³/mol. The van der Waals surface area contributed by atoms with E-state index < -0.39 is 97.5 Å². The van der Waals surface area contributed by atoms with Gasteiger partial charge in [-0.2, -0.15) is 0 Å². The molecule has 0 heterocycles. The minimum absolute atomic E-state index is 0.0856. The first-order chi connectivity index (χ1) is 49.6. The first-order valence-corrected chi connectivity index (χ1v) is 45.5. The maximum Gasteiger partial charge on any atom is 0.472 e. The van der Waals surface area contributed by atoms with Gasteiger partial charge in [0.15, 0.2) is 12.2 Å². The standard InChI is InChI=1S/C83H158O17P2/c1-6-10-13-16-19-22-25-27-29-30-31-32-34-40-44-49-54-59-64-69-83(88)100-79(73-94-81(86)67-62-57-52-47-42-38-36-35-37-41-45-50-55-60-65-76(5)9-4)75-98-102(91,92)96-71-77(84)70-95-101(89,90)97-74-78(72-93-80(85)66-61-56-51-46-24-21-18-15-12-8-3)99-82(87)68-63-58-53-48-43-39-33-28-26-23-20-17-14-11-7-2/h23,26,28,33,76-79,84H,6-22,24-25,27,29-32,34-75H2,1-5H3,(H,89,90)(H,91,92)/b26-23-,33-28-/t76?,77-,78+,79+/m0/s1. The van der Waals surface area contributed by atoms with Gasteiger partial charge >= 0.3 is 39.5 Å². The van der Waals surface area contributed by atoms with Gasteiger partial charge in [0.1, 0.15) is 19.3 Å². The molecule has 6 atom stereocenters. The number of esters is 4. The lowest BCUT2D eigenvalue weighted by molar-refractivity contribution is -0.161. The van der Waals surface area contributed by atoms with Crippen molar-refractivity contribution in [2.24, 2.45) is 5.92 Å². The minimum Gasteiger partial charge on any atom is -0.462 e. The van der Waals surface area contributed by atoms with E-state index in [2.05, 4.69) is 58.9 Å². The van der Waals surface area contributed by atoms with E-state index >= 15 is 0 Å². The summed E-state index contributed by atoms with van der Waals surface area (Å²) in [5.41, 5.74) is 0. The fourth-order valence-electron chi connectivity index (χ4n) is 12.4. The molecule has 3 N–H and O–H groups in total. The highest BCUT2D eigenvalue weighted by Gasteiger charge is 2.30. The van der Waals surface area contributed by atoms with E-state index in [1.807, 2.05) is 0 Å². The average molecular weight is 1490 g/mol. The lowest BCUT2D eigenvalue weighted by Crippen LogP contribution is -2.30. The second-order valence-electron chi connectivity index (χ2n) is 29.4. The van der Waals surface area contributed by atoms with Gasteiger partial charge < -0.3 is 33.8 Å². The van der Waals surface area contributed by atoms with E-state index in [0.29, 0.717) is 25.7 Å². The van der Waals surface area contributed by atoms with Crippen molar-refractivity contribution >= 4 is 39.5 Å². The van der Waals surface area contributed by atoms with Crippen molar-refractivity contribution in [3.63, 3.8) is 0 Å². The Morgan fingerprint density at radius 1 is 0.314 bits per heavy atom. The molecule has 602 valence electrons. The quantitative estimate of drug-likeness (QED) is 0.0169. The third kappa shape index (κ3) is 74.4. The van der Waals surface area contributed by atoms with Crippen LogP contribution >= 0.6 is 15.6 Å². The number of ether oxygens (including phenoxy) is 4. The van der Waals surface area contributed by atoms with Gasteiger partial charge in [0.05, 0.1) is 26.4 Å². The maximum absolute atomic E-state index is 13.1. The molecular weight excluding hydrogens is 1330 g/mol. The summed E-state index contributed by atoms with van der Waals surface area (Å²) in [6, 6.07) is 0. The van der Waals surface area contributed by atoms with E-state index in [9.17, 15) is 43.2 Å². The second kappa shape index (κ2) is 75.4. The zero-order valence-corrected chi connectivity index (χ0v) is 68.0. The Kier molecular flexibility index (Phi) is 73.5. The summed E-state index contributed by atoms with van der Waals surface area (Å²) in [6.07, 6.45) is 70.1. The second-order valence-corrected chi connectivity index (χ2v) is 32.3. The van der Waals surface area contributed by atoms with Crippen molar-refractivity contribution in [3.8, 4) is 0 Å². The molecule has 0 aliphatic heterocycles. The Bertz CT molecular complexity index is 2040. The average Bonchev–Trinajstić information content (AvgIpc) is 0.949. The fraction of sp³-hybridized carbons (Fsp3) is 0.904. The Morgan fingerprint density at radius 2 is 0.549 bits per heavy atom. The van der Waals surface area contributed by atoms with Gasteiger partial charge in [0, 0.05) is 25.7 Å². The van der Waals surface area contributed by atoms with Gasteiger partial charge in [0.25, 0.3) is 0 Å². The van der Waals surface area contributed by atoms with Crippen molar-refractivity contribution in [3.05, 3.63) is 24.3 Å². The van der Waals surface area contributed by atoms with Crippen molar-refractivity contribution in [2.45, 2.75) is 438 Å². The smallest absolute Gasteiger partial charge is 0.462 e. The van der Waals surface area contributed by atoms with Gasteiger partial charge in [-0.05, 0) is 57.3 Å². The molecule has 0 aromatic heterocycles. The number of allylic oxidation sites excluding steroid dienone is 4. The number of aliphatic hydroxyl groups excluding tert-OH is 1. The number of phosphoric ester groups is 2. The highest BCUT2D eigenvalue weighted by Crippen LogP contribution is 2.45. The van der Waals surface area contributed by atoms with Gasteiger partial charge in [-0.3, -0.25) is 37.3 Å². The molecule has 102 heavy (non-hydrogen) atoms. The van der Waals surface area contributed by atoms with E-state index in [0.717, 1.165) is 109 Å². The molecule has 0 rings (SSSR count). The Labute approximate surface area is 624 Å². The van der Waals surface area contributed by atoms with Crippen LogP contribution in [0.25, 0.3) is 0 Å². The number of carbonyl (C=O) groups excluding carboxylic acids is 4. The summed E-state index contributed by atoms with van der Waals surface area (Å²) < 4.78 is 68.7. The molecule has 19 heteroatoms. The molecule has 0 aromatic rings. The normalized spacial score (nSPS) is 14.2. The first kappa shape index (κ1) is 99.5. The Balaban J connectivity index is 5.27. The van der Waals surface area contributed by atoms with Gasteiger partial charge in [-0.15, -0.1) is 0 Å². The SMILES string of the molecule is CCCCCC/C=C\C=C/CCCCCCCC(=O)O[C@H](COC(=O)CCCCCCCCCCCC)COP(=O)(O)OC[C@H](O)COP(=O)(O)OC[C@@H](COC(=O)CCCCCCCCCCCCCCCCC(C)CC)OC(=O)CCCCCCCCCCCCCCCCCCCCC. The molecule has 0 saturated carbocycles. The zero-order valence-electron chi connectivity index (χ0n) is 66.2. The molecule has 0 spiro atoms. The van der Waals surface area contributed by atoms with Crippen molar-refractivity contribution in [1.29, 1.82) is 0 Å². The number of carbonyl (C=O) groups is 4. The first-order valence-electron chi connectivity index (χ1n) is 42.5. The molecule has 0 amide bonds. The lowest BCUT2D eigenvalue weighted by atomic mass is 9.99. The van der Waals surface area contributed by atoms with Gasteiger partial charge in [-0.25, -0.2) is 9.13 Å². The summed E-state index contributed by atoms with van der Waals surface area (Å²) in [6.45, 7) is 7.32. The van der Waals surface area contributed by atoms with Crippen LogP contribution in [-0.4, -0.2) is 96.7 Å². The molecule has 0 saturated heterocycles. The predicted octanol–water partition coefficient (Wildman–Crippen LogP) is 24.8. The van der Waals surface area contributed by atoms with Crippen molar-refractivity contribution in [1.82, 2.24) is 0 Å². The van der Waals surface area contributed by atoms with Crippen molar-refractivity contribution < 1.29 is 80.2 Å². The molecule has 0 aliphatic rings. The topological polar surface area (TPSA) is 237 Å². The lowest BCUT2D eigenvalue weighted by Gasteiger charge is -2.21.